The van der Waals surface area contributed by atoms with Gasteiger partial charge in [0.25, 0.3) is 5.91 Å². The fourth-order valence-electron chi connectivity index (χ4n) is 2.88. The fraction of sp³-hybridized carbons (Fsp3) is 0.333. The normalized spacial score (nSPS) is 15.9. The van der Waals surface area contributed by atoms with Gasteiger partial charge in [0.1, 0.15) is 0 Å². The number of piperazine rings is 1. The molecule has 134 valence electrons. The van der Waals surface area contributed by atoms with Gasteiger partial charge in [-0.3, -0.25) is 4.79 Å². The van der Waals surface area contributed by atoms with Crippen molar-refractivity contribution >= 4 is 33.4 Å². The molecule has 0 saturated carbocycles. The van der Waals surface area contributed by atoms with Crippen molar-refractivity contribution in [2.24, 2.45) is 0 Å². The Kier molecular flexibility index (Phi) is 8.09. The third kappa shape index (κ3) is 5.30. The summed E-state index contributed by atoms with van der Waals surface area (Å²) in [5, 5.41) is 7.08. The summed E-state index contributed by atoms with van der Waals surface area (Å²) in [7, 11) is 0. The van der Waals surface area contributed by atoms with Crippen molar-refractivity contribution in [3.8, 4) is 0 Å². The zero-order chi connectivity index (χ0) is 17.8. The van der Waals surface area contributed by atoms with Gasteiger partial charge in [-0.15, -0.1) is 13.1 Å². The maximum atomic E-state index is 11.6. The van der Waals surface area contributed by atoms with E-state index in [1.165, 1.54) is 4.70 Å². The van der Waals surface area contributed by atoms with Crippen LogP contribution in [-0.4, -0.2) is 53.6 Å². The van der Waals surface area contributed by atoms with Crippen LogP contribution in [0.2, 0.25) is 0 Å². The first-order valence-electron chi connectivity index (χ1n) is 8.53. The number of nitrogens with zero attached hydrogens (tertiary/aromatic N) is 5. The molecule has 0 aliphatic carbocycles. The van der Waals surface area contributed by atoms with E-state index in [4.69, 9.17) is 0 Å². The Morgan fingerprint density at radius 1 is 1.26 bits per heavy atom. The van der Waals surface area contributed by atoms with Gasteiger partial charge in [0.2, 0.25) is 5.95 Å². The van der Waals surface area contributed by atoms with Crippen LogP contribution in [0.1, 0.15) is 16.1 Å². The fourth-order valence-corrected chi connectivity index (χ4v) is 3.54. The van der Waals surface area contributed by atoms with Gasteiger partial charge in [0, 0.05) is 32.3 Å². The van der Waals surface area contributed by atoms with Gasteiger partial charge in [-0.2, -0.15) is 35.6 Å². The maximum Gasteiger partial charge on any atom is 1.00 e. The predicted octanol–water partition coefficient (Wildman–Crippen LogP) is -0.943. The number of amides is 1. The van der Waals surface area contributed by atoms with Crippen molar-refractivity contribution in [3.63, 3.8) is 0 Å². The second-order valence-electron chi connectivity index (χ2n) is 5.94. The van der Waals surface area contributed by atoms with Gasteiger partial charge in [-0.1, -0.05) is 4.70 Å². The molecule has 0 spiro atoms. The van der Waals surface area contributed by atoms with Crippen LogP contribution in [0.25, 0.3) is 15.5 Å². The van der Waals surface area contributed by atoms with Gasteiger partial charge in [-0.05, 0) is 5.52 Å². The first-order valence-corrected chi connectivity index (χ1v) is 9.41. The van der Waals surface area contributed by atoms with Gasteiger partial charge < -0.3 is 20.5 Å². The SMILES string of the molecule is O=C1NCCc2nc(N3CC[N-]CC3)ncc21.[Cs+].[c-]1ccc2scnc2c1. The van der Waals surface area contributed by atoms with Crippen LogP contribution in [0.4, 0.5) is 5.95 Å². The van der Waals surface area contributed by atoms with Crippen molar-refractivity contribution in [1.29, 1.82) is 0 Å². The summed E-state index contributed by atoms with van der Waals surface area (Å²) in [6.45, 7) is 4.06. The van der Waals surface area contributed by atoms with E-state index < -0.39 is 0 Å². The minimum Gasteiger partial charge on any atom is -0.659 e. The molecule has 27 heavy (non-hydrogen) atoms. The summed E-state index contributed by atoms with van der Waals surface area (Å²) >= 11 is 1.66. The maximum absolute atomic E-state index is 11.6. The number of carbonyl (C=O) groups excluding carboxylic acids is 1. The van der Waals surface area contributed by atoms with Crippen LogP contribution in [-0.2, 0) is 6.42 Å². The molecule has 9 heteroatoms. The number of carbonyl (C=O) groups is 1. The molecular formula is C18H18CsN6OS-. The number of anilines is 1. The summed E-state index contributed by atoms with van der Waals surface area (Å²) in [6.07, 6.45) is 2.42. The zero-order valence-electron chi connectivity index (χ0n) is 15.2. The molecule has 1 amide bonds. The van der Waals surface area contributed by atoms with E-state index in [2.05, 4.69) is 36.6 Å². The molecular weight excluding hydrogens is 481 g/mol. The van der Waals surface area contributed by atoms with Crippen LogP contribution >= 0.6 is 11.3 Å². The molecule has 1 N–H and O–H groups in total. The monoisotopic (exact) mass is 499 g/mol. The average Bonchev–Trinajstić information content (AvgIpc) is 3.18. The van der Waals surface area contributed by atoms with Crippen LogP contribution in [0, 0.1) is 6.07 Å². The Morgan fingerprint density at radius 3 is 2.93 bits per heavy atom. The Labute approximate surface area is 220 Å². The van der Waals surface area contributed by atoms with Gasteiger partial charge in [0.05, 0.1) is 16.8 Å². The number of hydrogen-bond donors (Lipinski definition) is 1. The van der Waals surface area contributed by atoms with Gasteiger partial charge in [0.15, 0.2) is 0 Å². The molecule has 0 atom stereocenters. The van der Waals surface area contributed by atoms with Crippen LogP contribution in [0.5, 0.6) is 0 Å². The molecule has 1 saturated heterocycles. The number of benzene rings is 1. The number of rotatable bonds is 1. The van der Waals surface area contributed by atoms with Crippen molar-refractivity contribution in [2.75, 3.05) is 37.6 Å². The average molecular weight is 499 g/mol. The number of hydrogen-bond acceptors (Lipinski definition) is 6. The Bertz CT molecular complexity index is 882. The number of fused-ring (bicyclic) bond motifs is 2. The first kappa shape index (κ1) is 21.2. The number of thiazole rings is 1. The molecule has 0 unspecified atom stereocenters. The summed E-state index contributed by atoms with van der Waals surface area (Å²) in [5.41, 5.74) is 4.36. The molecule has 2 aromatic heterocycles. The van der Waals surface area contributed by atoms with Crippen LogP contribution in [0.3, 0.4) is 0 Å². The number of aromatic nitrogens is 3. The molecule has 5 rings (SSSR count). The third-order valence-electron chi connectivity index (χ3n) is 4.26. The minimum atomic E-state index is -0.0635. The van der Waals surface area contributed by atoms with Crippen molar-refractivity contribution in [3.05, 3.63) is 52.5 Å². The quantitative estimate of drug-likeness (QED) is 0.437. The topological polar surface area (TPSA) is 85.1 Å². The Morgan fingerprint density at radius 2 is 2.11 bits per heavy atom. The van der Waals surface area contributed by atoms with Gasteiger partial charge >= 0.3 is 68.9 Å². The first-order chi connectivity index (χ1) is 12.8. The predicted molar refractivity (Wildman–Crippen MR) is 102 cm³/mol. The van der Waals surface area contributed by atoms with Crippen molar-refractivity contribution in [1.82, 2.24) is 20.3 Å². The molecule has 2 aliphatic rings. The Balaban J connectivity index is 0.000000178. The molecule has 1 aromatic carbocycles. The molecule has 3 aromatic rings. The van der Waals surface area contributed by atoms with E-state index in [1.807, 2.05) is 23.7 Å². The molecule has 7 nitrogen and oxygen atoms in total. The molecule has 4 heterocycles. The largest absolute Gasteiger partial charge is 1.00 e. The van der Waals surface area contributed by atoms with E-state index in [0.717, 1.165) is 49.8 Å². The zero-order valence-corrected chi connectivity index (χ0v) is 22.3. The summed E-state index contributed by atoms with van der Waals surface area (Å²) < 4.78 is 1.23. The van der Waals surface area contributed by atoms with E-state index in [0.29, 0.717) is 12.1 Å². The van der Waals surface area contributed by atoms with Gasteiger partial charge in [-0.25, -0.2) is 9.97 Å². The van der Waals surface area contributed by atoms with E-state index in [-0.39, 0.29) is 74.8 Å². The molecule has 1 fully saturated rings. The van der Waals surface area contributed by atoms with Crippen LogP contribution in [0.15, 0.2) is 29.9 Å². The van der Waals surface area contributed by atoms with E-state index in [1.54, 1.807) is 17.5 Å². The molecule has 0 radical (unpaired) electrons. The van der Waals surface area contributed by atoms with E-state index >= 15 is 0 Å². The van der Waals surface area contributed by atoms with Crippen molar-refractivity contribution < 1.29 is 73.7 Å². The second kappa shape index (κ2) is 10.3. The molecule has 0 bridgehead atoms. The standard InChI is InChI=1S/C11H14N5O.C7H4NS.Cs/c17-10-8-7-14-11(15-9(8)1-2-13-10)16-5-3-12-4-6-16;1-2-4-7-6(3-1)8-5-9-7;/h7H,1-6H2,(H,13,17);2-5H;/q2*-1;+1. The smallest absolute Gasteiger partial charge is 0.659 e. The van der Waals surface area contributed by atoms with E-state index in [9.17, 15) is 4.79 Å². The molecule has 2 aliphatic heterocycles. The second-order valence-corrected chi connectivity index (χ2v) is 6.83. The van der Waals surface area contributed by atoms with Crippen LogP contribution < -0.4 is 79.1 Å². The summed E-state index contributed by atoms with van der Waals surface area (Å²) in [4.78, 5) is 26.6. The Hall–Kier alpha value is -0.528. The third-order valence-corrected chi connectivity index (χ3v) is 5.07. The van der Waals surface area contributed by atoms with Crippen molar-refractivity contribution in [2.45, 2.75) is 6.42 Å². The number of nitrogens with one attached hydrogen (secondary N) is 1. The minimum absolute atomic E-state index is 0. The summed E-state index contributed by atoms with van der Waals surface area (Å²) in [6, 6.07) is 8.78. The summed E-state index contributed by atoms with van der Waals surface area (Å²) in [5.74, 6) is 0.666.